The molecule has 1 atom stereocenters. The van der Waals surface area contributed by atoms with Crippen molar-refractivity contribution in [3.8, 4) is 0 Å². The van der Waals surface area contributed by atoms with E-state index in [9.17, 15) is 18.0 Å². The van der Waals surface area contributed by atoms with Crippen LogP contribution >= 0.6 is 34.8 Å². The van der Waals surface area contributed by atoms with E-state index in [2.05, 4.69) is 5.32 Å². The minimum Gasteiger partial charge on any atom is -0.352 e. The average Bonchev–Trinajstić information content (AvgIpc) is 3.46. The number of sulfonamides is 1. The molecule has 0 unspecified atom stereocenters. The Hall–Kier alpha value is -2.78. The SMILES string of the molecule is CC[C@H](C(=O)NC1CCCC1)N(Cc1c(Cl)cccc1Cl)C(=O)CN(c1cccc(Cl)c1)S(=O)(=O)c1ccccc1. The first-order chi connectivity index (χ1) is 19.6. The molecule has 1 aliphatic rings. The number of nitrogens with zero attached hydrogens (tertiary/aromatic N) is 2. The van der Waals surface area contributed by atoms with Crippen LogP contribution in [0.25, 0.3) is 0 Å². The Labute approximate surface area is 256 Å². The quantitative estimate of drug-likeness (QED) is 0.254. The van der Waals surface area contributed by atoms with Crippen molar-refractivity contribution in [2.24, 2.45) is 0 Å². The maximum Gasteiger partial charge on any atom is 0.264 e. The van der Waals surface area contributed by atoms with Gasteiger partial charge in [-0.1, -0.05) is 84.9 Å². The first-order valence-electron chi connectivity index (χ1n) is 13.5. The van der Waals surface area contributed by atoms with Gasteiger partial charge in [-0.2, -0.15) is 0 Å². The van der Waals surface area contributed by atoms with E-state index in [1.165, 1.54) is 23.1 Å². The number of amides is 2. The minimum atomic E-state index is -4.19. The molecule has 1 fully saturated rings. The fourth-order valence-electron chi connectivity index (χ4n) is 5.02. The normalized spacial score (nSPS) is 14.4. The lowest BCUT2D eigenvalue weighted by atomic mass is 10.1. The van der Waals surface area contributed by atoms with Crippen LogP contribution < -0.4 is 9.62 Å². The highest BCUT2D eigenvalue weighted by Gasteiger charge is 2.35. The van der Waals surface area contributed by atoms with Crippen LogP contribution in [0.2, 0.25) is 15.1 Å². The number of hydrogen-bond donors (Lipinski definition) is 1. The topological polar surface area (TPSA) is 86.8 Å². The van der Waals surface area contributed by atoms with E-state index in [4.69, 9.17) is 34.8 Å². The molecular weight excluding hydrogens is 605 g/mol. The van der Waals surface area contributed by atoms with Gasteiger partial charge in [-0.3, -0.25) is 13.9 Å². The first kappa shape index (κ1) is 31.2. The van der Waals surface area contributed by atoms with E-state index in [-0.39, 0.29) is 29.1 Å². The van der Waals surface area contributed by atoms with E-state index in [1.807, 2.05) is 6.92 Å². The van der Waals surface area contributed by atoms with Gasteiger partial charge in [0.1, 0.15) is 12.6 Å². The molecule has 4 rings (SSSR count). The Morgan fingerprint density at radius 3 is 2.17 bits per heavy atom. The van der Waals surface area contributed by atoms with Gasteiger partial charge >= 0.3 is 0 Å². The van der Waals surface area contributed by atoms with Crippen molar-refractivity contribution >= 4 is 62.3 Å². The summed E-state index contributed by atoms with van der Waals surface area (Å²) in [4.78, 5) is 29.1. The fraction of sp³-hybridized carbons (Fsp3) is 0.333. The van der Waals surface area contributed by atoms with E-state index in [0.29, 0.717) is 27.1 Å². The van der Waals surface area contributed by atoms with Gasteiger partial charge in [0.15, 0.2) is 0 Å². The molecule has 0 aromatic heterocycles. The number of benzene rings is 3. The van der Waals surface area contributed by atoms with Crippen molar-refractivity contribution in [2.75, 3.05) is 10.8 Å². The van der Waals surface area contributed by atoms with E-state index in [1.54, 1.807) is 54.6 Å². The van der Waals surface area contributed by atoms with Gasteiger partial charge < -0.3 is 10.2 Å². The average molecular weight is 637 g/mol. The highest BCUT2D eigenvalue weighted by atomic mass is 35.5. The summed E-state index contributed by atoms with van der Waals surface area (Å²) in [5.74, 6) is -0.884. The van der Waals surface area contributed by atoms with Crippen molar-refractivity contribution < 1.29 is 18.0 Å². The molecule has 218 valence electrons. The molecule has 11 heteroatoms. The van der Waals surface area contributed by atoms with Crippen LogP contribution in [0.1, 0.15) is 44.6 Å². The molecule has 0 radical (unpaired) electrons. The summed E-state index contributed by atoms with van der Waals surface area (Å²) >= 11 is 19.2. The van der Waals surface area contributed by atoms with Gasteiger partial charge in [-0.25, -0.2) is 8.42 Å². The van der Waals surface area contributed by atoms with Crippen LogP contribution in [-0.2, 0) is 26.2 Å². The molecule has 0 bridgehead atoms. The largest absolute Gasteiger partial charge is 0.352 e. The molecule has 1 saturated carbocycles. The minimum absolute atomic E-state index is 0.0134. The standard InChI is InChI=1S/C30H32Cl3N3O4S/c1-2-28(30(38)34-22-11-6-7-12-22)35(19-25-26(32)16-9-17-27(25)33)29(37)20-36(23-13-8-10-21(31)18-23)41(39,40)24-14-4-3-5-15-24/h3-5,8-10,13-18,22,28H,2,6-7,11-12,19-20H2,1H3,(H,34,38)/t28-/m1/s1. The molecule has 1 N–H and O–H groups in total. The molecule has 3 aromatic carbocycles. The lowest BCUT2D eigenvalue weighted by Gasteiger charge is -2.34. The lowest BCUT2D eigenvalue weighted by molar-refractivity contribution is -0.140. The summed E-state index contributed by atoms with van der Waals surface area (Å²) in [5, 5.41) is 4.07. The number of carbonyl (C=O) groups is 2. The van der Waals surface area contributed by atoms with Gasteiger partial charge in [0.2, 0.25) is 11.8 Å². The molecular formula is C30H32Cl3N3O4S. The van der Waals surface area contributed by atoms with Crippen molar-refractivity contribution in [3.63, 3.8) is 0 Å². The van der Waals surface area contributed by atoms with Crippen LogP contribution in [0, 0.1) is 0 Å². The third kappa shape index (κ3) is 7.55. The van der Waals surface area contributed by atoms with Crippen molar-refractivity contribution in [3.05, 3.63) is 93.4 Å². The van der Waals surface area contributed by atoms with Gasteiger partial charge in [-0.05, 0) is 61.7 Å². The molecule has 2 amide bonds. The first-order valence-corrected chi connectivity index (χ1v) is 16.0. The van der Waals surface area contributed by atoms with E-state index < -0.39 is 28.5 Å². The fourth-order valence-corrected chi connectivity index (χ4v) is 7.15. The highest BCUT2D eigenvalue weighted by molar-refractivity contribution is 7.92. The number of carbonyl (C=O) groups excluding carboxylic acids is 2. The van der Waals surface area contributed by atoms with Crippen LogP contribution in [0.5, 0.6) is 0 Å². The Bertz CT molecular complexity index is 1460. The van der Waals surface area contributed by atoms with Crippen molar-refractivity contribution in [1.29, 1.82) is 0 Å². The summed E-state index contributed by atoms with van der Waals surface area (Å²) in [5.41, 5.74) is 0.686. The number of rotatable bonds is 11. The summed E-state index contributed by atoms with van der Waals surface area (Å²) in [6.45, 7) is 1.15. The summed E-state index contributed by atoms with van der Waals surface area (Å²) in [7, 11) is -4.19. The Kier molecular flexibility index (Phi) is 10.6. The smallest absolute Gasteiger partial charge is 0.264 e. The predicted octanol–water partition coefficient (Wildman–Crippen LogP) is 6.71. The monoisotopic (exact) mass is 635 g/mol. The number of halogens is 3. The third-order valence-electron chi connectivity index (χ3n) is 7.18. The van der Waals surface area contributed by atoms with Gasteiger partial charge in [0.25, 0.3) is 10.0 Å². The molecule has 3 aromatic rings. The maximum absolute atomic E-state index is 14.2. The van der Waals surface area contributed by atoms with E-state index >= 15 is 0 Å². The highest BCUT2D eigenvalue weighted by Crippen LogP contribution is 2.30. The molecule has 0 saturated heterocycles. The van der Waals surface area contributed by atoms with Crippen molar-refractivity contribution in [2.45, 2.75) is 62.6 Å². The Morgan fingerprint density at radius 1 is 0.927 bits per heavy atom. The Balaban J connectivity index is 1.74. The van der Waals surface area contributed by atoms with Crippen LogP contribution in [0.4, 0.5) is 5.69 Å². The number of nitrogens with one attached hydrogen (secondary N) is 1. The van der Waals surface area contributed by atoms with Gasteiger partial charge in [0, 0.05) is 33.2 Å². The molecule has 0 aliphatic heterocycles. The van der Waals surface area contributed by atoms with Crippen LogP contribution in [0.3, 0.4) is 0 Å². The second kappa shape index (κ2) is 13.9. The zero-order chi connectivity index (χ0) is 29.6. The van der Waals surface area contributed by atoms with Gasteiger partial charge in [-0.15, -0.1) is 0 Å². The summed E-state index contributed by atoms with van der Waals surface area (Å²) in [6.07, 6.45) is 4.13. The molecule has 7 nitrogen and oxygen atoms in total. The Morgan fingerprint density at radius 2 is 1.56 bits per heavy atom. The number of hydrogen-bond acceptors (Lipinski definition) is 4. The zero-order valence-electron chi connectivity index (χ0n) is 22.6. The number of anilines is 1. The summed E-state index contributed by atoms with van der Waals surface area (Å²) < 4.78 is 28.7. The third-order valence-corrected chi connectivity index (χ3v) is 9.92. The van der Waals surface area contributed by atoms with Crippen LogP contribution in [-0.4, -0.2) is 43.8 Å². The van der Waals surface area contributed by atoms with Gasteiger partial charge in [0.05, 0.1) is 10.6 Å². The maximum atomic E-state index is 14.2. The molecule has 0 heterocycles. The summed E-state index contributed by atoms with van der Waals surface area (Å²) in [6, 6.07) is 18.3. The van der Waals surface area contributed by atoms with Crippen molar-refractivity contribution in [1.82, 2.24) is 10.2 Å². The second-order valence-electron chi connectivity index (χ2n) is 9.94. The van der Waals surface area contributed by atoms with Crippen LogP contribution in [0.15, 0.2) is 77.7 Å². The molecule has 41 heavy (non-hydrogen) atoms. The zero-order valence-corrected chi connectivity index (χ0v) is 25.7. The second-order valence-corrected chi connectivity index (χ2v) is 13.1. The molecule has 0 spiro atoms. The predicted molar refractivity (Wildman–Crippen MR) is 164 cm³/mol. The lowest BCUT2D eigenvalue weighted by Crippen LogP contribution is -2.53. The van der Waals surface area contributed by atoms with E-state index in [0.717, 1.165) is 30.0 Å². The molecule has 1 aliphatic carbocycles.